The van der Waals surface area contributed by atoms with Crippen LogP contribution in [0.2, 0.25) is 0 Å². The number of aliphatic hydroxyl groups is 1. The van der Waals surface area contributed by atoms with E-state index < -0.39 is 0 Å². The van der Waals surface area contributed by atoms with Crippen LogP contribution in [0.4, 0.5) is 0 Å². The average molecular weight is 143 g/mol. The van der Waals surface area contributed by atoms with Gasteiger partial charge in [0.05, 0.1) is 19.7 Å². The van der Waals surface area contributed by atoms with E-state index in [4.69, 9.17) is 5.11 Å². The first-order valence-electron chi connectivity index (χ1n) is 3.80. The second-order valence-electron chi connectivity index (χ2n) is 2.73. The molecule has 3 nitrogen and oxygen atoms in total. The molecule has 1 N–H and O–H groups in total. The molecule has 1 aliphatic rings. The van der Waals surface area contributed by atoms with Crippen molar-refractivity contribution in [2.75, 3.05) is 32.8 Å². The van der Waals surface area contributed by atoms with Gasteiger partial charge in [0.15, 0.2) is 6.34 Å². The van der Waals surface area contributed by atoms with E-state index in [9.17, 15) is 0 Å². The summed E-state index contributed by atoms with van der Waals surface area (Å²) in [4.78, 5) is 4.16. The van der Waals surface area contributed by atoms with Gasteiger partial charge in [-0.1, -0.05) is 0 Å². The van der Waals surface area contributed by atoms with Crippen LogP contribution < -0.4 is 0 Å². The Morgan fingerprint density at radius 3 is 2.90 bits per heavy atom. The molecule has 0 fully saturated rings. The van der Waals surface area contributed by atoms with E-state index in [1.807, 2.05) is 6.34 Å². The molecule has 58 valence electrons. The number of nitrogens with zero attached hydrogens (tertiary/aromatic N) is 2. The predicted octanol–water partition coefficient (Wildman–Crippen LogP) is -0.143. The van der Waals surface area contributed by atoms with Crippen LogP contribution in [0.3, 0.4) is 0 Å². The molecule has 1 aliphatic heterocycles. The third-order valence-corrected chi connectivity index (χ3v) is 2.18. The molecule has 0 aromatic rings. The van der Waals surface area contributed by atoms with Crippen molar-refractivity contribution in [3.63, 3.8) is 0 Å². The molecule has 0 spiro atoms. The van der Waals surface area contributed by atoms with Crippen molar-refractivity contribution in [3.05, 3.63) is 0 Å². The summed E-state index contributed by atoms with van der Waals surface area (Å²) in [6.45, 7) is 6.25. The summed E-state index contributed by atoms with van der Waals surface area (Å²) in [5.74, 6) is 0. The minimum absolute atomic E-state index is 0.264. The smallest absolute Gasteiger partial charge is 0.185 e. The van der Waals surface area contributed by atoms with Gasteiger partial charge in [-0.05, 0) is 6.92 Å². The predicted molar refractivity (Wildman–Crippen MR) is 41.0 cm³/mol. The van der Waals surface area contributed by atoms with Crippen molar-refractivity contribution in [2.24, 2.45) is 4.99 Å². The van der Waals surface area contributed by atoms with E-state index >= 15 is 0 Å². The highest BCUT2D eigenvalue weighted by Gasteiger charge is 2.25. The lowest BCUT2D eigenvalue weighted by molar-refractivity contribution is -0.827. The van der Waals surface area contributed by atoms with Gasteiger partial charge in [-0.3, -0.25) is 4.48 Å². The SMILES string of the molecule is CC[N+]1(CCO)C=NCC1. The molecule has 1 rings (SSSR count). The Morgan fingerprint density at radius 1 is 1.70 bits per heavy atom. The minimum Gasteiger partial charge on any atom is -0.390 e. The van der Waals surface area contributed by atoms with Crippen molar-refractivity contribution >= 4 is 6.34 Å². The van der Waals surface area contributed by atoms with Crippen molar-refractivity contribution in [3.8, 4) is 0 Å². The van der Waals surface area contributed by atoms with Crippen molar-refractivity contribution in [2.45, 2.75) is 6.92 Å². The quantitative estimate of drug-likeness (QED) is 0.548. The fourth-order valence-electron chi connectivity index (χ4n) is 1.31. The summed E-state index contributed by atoms with van der Waals surface area (Å²) in [7, 11) is 0. The van der Waals surface area contributed by atoms with Gasteiger partial charge in [-0.25, -0.2) is 4.99 Å². The maximum Gasteiger partial charge on any atom is 0.185 e. The van der Waals surface area contributed by atoms with Gasteiger partial charge in [0.1, 0.15) is 13.1 Å². The maximum absolute atomic E-state index is 8.75. The van der Waals surface area contributed by atoms with Crippen LogP contribution >= 0.6 is 0 Å². The lowest BCUT2D eigenvalue weighted by Gasteiger charge is -2.27. The number of hydrogen-bond acceptors (Lipinski definition) is 2. The first kappa shape index (κ1) is 7.69. The standard InChI is InChI=1S/C7H15N2O/c1-2-9(5-6-10)4-3-8-7-9/h7,10H,2-6H2,1H3/q+1. The van der Waals surface area contributed by atoms with Gasteiger partial charge in [0, 0.05) is 0 Å². The van der Waals surface area contributed by atoms with E-state index in [2.05, 4.69) is 11.9 Å². The van der Waals surface area contributed by atoms with E-state index in [0.29, 0.717) is 0 Å². The molecule has 0 radical (unpaired) electrons. The number of hydrogen-bond donors (Lipinski definition) is 1. The molecule has 0 saturated heterocycles. The molecule has 0 amide bonds. The summed E-state index contributed by atoms with van der Waals surface area (Å²) in [6.07, 6.45) is 1.97. The fourth-order valence-corrected chi connectivity index (χ4v) is 1.31. The molecule has 0 aliphatic carbocycles. The van der Waals surface area contributed by atoms with E-state index in [-0.39, 0.29) is 6.61 Å². The lowest BCUT2D eigenvalue weighted by atomic mass is 10.4. The van der Waals surface area contributed by atoms with Crippen LogP contribution in [-0.4, -0.2) is 48.7 Å². The number of rotatable bonds is 3. The zero-order valence-corrected chi connectivity index (χ0v) is 6.45. The van der Waals surface area contributed by atoms with Crippen LogP contribution in [0.1, 0.15) is 6.92 Å². The first-order chi connectivity index (χ1) is 4.83. The molecular weight excluding hydrogens is 128 g/mol. The number of likely N-dealkylation sites (N-methyl/N-ethyl adjacent to an activating group) is 1. The van der Waals surface area contributed by atoms with Crippen LogP contribution in [-0.2, 0) is 0 Å². The summed E-state index contributed by atoms with van der Waals surface area (Å²) in [5.41, 5.74) is 0. The maximum atomic E-state index is 8.75. The van der Waals surface area contributed by atoms with Gasteiger partial charge < -0.3 is 5.11 Å². The highest BCUT2D eigenvalue weighted by Crippen LogP contribution is 2.06. The Kier molecular flexibility index (Phi) is 2.40. The number of aliphatic hydroxyl groups excluding tert-OH is 1. The summed E-state index contributed by atoms with van der Waals surface area (Å²) >= 11 is 0. The second kappa shape index (κ2) is 3.12. The summed E-state index contributed by atoms with van der Waals surface area (Å²) < 4.78 is 0.872. The van der Waals surface area contributed by atoms with E-state index in [1.54, 1.807) is 0 Å². The zero-order valence-electron chi connectivity index (χ0n) is 6.45. The lowest BCUT2D eigenvalue weighted by Crippen LogP contribution is -2.47. The normalized spacial score (nSPS) is 31.4. The Labute approximate surface area is 61.6 Å². The molecule has 1 unspecified atom stereocenters. The third-order valence-electron chi connectivity index (χ3n) is 2.18. The molecule has 0 aromatic carbocycles. The van der Waals surface area contributed by atoms with Crippen molar-refractivity contribution in [1.82, 2.24) is 0 Å². The van der Waals surface area contributed by atoms with E-state index in [0.717, 1.165) is 30.7 Å². The highest BCUT2D eigenvalue weighted by atomic mass is 16.3. The van der Waals surface area contributed by atoms with Crippen LogP contribution in [0.25, 0.3) is 0 Å². The third kappa shape index (κ3) is 1.36. The van der Waals surface area contributed by atoms with Gasteiger partial charge in [0.2, 0.25) is 0 Å². The molecule has 0 aromatic heterocycles. The molecule has 0 bridgehead atoms. The molecule has 10 heavy (non-hydrogen) atoms. The molecule has 3 heteroatoms. The van der Waals surface area contributed by atoms with Gasteiger partial charge >= 0.3 is 0 Å². The molecule has 0 saturated carbocycles. The van der Waals surface area contributed by atoms with E-state index in [1.165, 1.54) is 0 Å². The molecule has 1 heterocycles. The Bertz CT molecular complexity index is 136. The van der Waals surface area contributed by atoms with Gasteiger partial charge in [0.25, 0.3) is 0 Å². The first-order valence-corrected chi connectivity index (χ1v) is 3.80. The molecule has 1 atom stereocenters. The minimum atomic E-state index is 0.264. The monoisotopic (exact) mass is 143 g/mol. The van der Waals surface area contributed by atoms with Crippen molar-refractivity contribution in [1.29, 1.82) is 0 Å². The summed E-state index contributed by atoms with van der Waals surface area (Å²) in [5, 5.41) is 8.75. The van der Waals surface area contributed by atoms with Crippen LogP contribution in [0.5, 0.6) is 0 Å². The average Bonchev–Trinajstić information content (AvgIpc) is 2.39. The fraction of sp³-hybridized carbons (Fsp3) is 0.857. The Morgan fingerprint density at radius 2 is 2.50 bits per heavy atom. The topological polar surface area (TPSA) is 32.6 Å². The zero-order chi connectivity index (χ0) is 7.45. The van der Waals surface area contributed by atoms with Crippen molar-refractivity contribution < 1.29 is 9.59 Å². The highest BCUT2D eigenvalue weighted by molar-refractivity contribution is 5.48. The Hall–Kier alpha value is -0.410. The largest absolute Gasteiger partial charge is 0.390 e. The number of aliphatic imine (C=N–C) groups is 1. The van der Waals surface area contributed by atoms with Gasteiger partial charge in [-0.15, -0.1) is 0 Å². The van der Waals surface area contributed by atoms with Crippen LogP contribution in [0, 0.1) is 0 Å². The Balaban J connectivity index is 2.50. The van der Waals surface area contributed by atoms with Gasteiger partial charge in [-0.2, -0.15) is 0 Å². The number of quaternary nitrogens is 1. The molecular formula is C7H15N2O+. The summed E-state index contributed by atoms with van der Waals surface area (Å²) in [6, 6.07) is 0. The second-order valence-corrected chi connectivity index (χ2v) is 2.73. The van der Waals surface area contributed by atoms with Crippen LogP contribution in [0.15, 0.2) is 4.99 Å².